The highest BCUT2D eigenvalue weighted by Gasteiger charge is 2.24. The first kappa shape index (κ1) is 13.4. The summed E-state index contributed by atoms with van der Waals surface area (Å²) in [6.07, 6.45) is 3.24. The van der Waals surface area contributed by atoms with E-state index in [1.165, 1.54) is 5.56 Å². The van der Waals surface area contributed by atoms with Crippen molar-refractivity contribution in [2.45, 2.75) is 31.6 Å². The highest BCUT2D eigenvalue weighted by Crippen LogP contribution is 2.42. The number of methoxy groups -OCH3 is 1. The molecule has 1 aliphatic rings. The lowest BCUT2D eigenvalue weighted by Gasteiger charge is -2.22. The van der Waals surface area contributed by atoms with Gasteiger partial charge in [-0.3, -0.25) is 4.79 Å². The first-order chi connectivity index (χ1) is 10.8. The molecule has 2 aromatic carbocycles. The largest absolute Gasteiger partial charge is 0.493 e. The first-order valence-electron chi connectivity index (χ1n) is 7.78. The van der Waals surface area contributed by atoms with E-state index in [0.717, 1.165) is 40.5 Å². The molecule has 0 radical (unpaired) electrons. The molecule has 0 unspecified atom stereocenters. The van der Waals surface area contributed by atoms with Gasteiger partial charge in [-0.15, -0.1) is 0 Å². The molecule has 3 heteroatoms. The molecule has 1 heterocycles. The molecule has 0 spiro atoms. The molecule has 0 atom stereocenters. The van der Waals surface area contributed by atoms with Crippen LogP contribution in [0.2, 0.25) is 0 Å². The van der Waals surface area contributed by atoms with E-state index in [2.05, 4.69) is 12.1 Å². The Bertz CT molecular complexity index is 850. The number of para-hydroxylation sites is 1. The van der Waals surface area contributed by atoms with Crippen LogP contribution in [-0.2, 0) is 4.79 Å². The Morgan fingerprint density at radius 3 is 2.64 bits per heavy atom. The van der Waals surface area contributed by atoms with Crippen LogP contribution < -0.4 is 4.74 Å². The second-order valence-electron chi connectivity index (χ2n) is 5.97. The highest BCUT2D eigenvalue weighted by molar-refractivity contribution is 6.08. The number of Topliss-reactive ketones (excluding diaryl/α,β-unsaturated/α-hetero) is 1. The molecule has 1 aliphatic carbocycles. The zero-order valence-electron chi connectivity index (χ0n) is 12.6. The van der Waals surface area contributed by atoms with Gasteiger partial charge in [-0.1, -0.05) is 24.3 Å². The average Bonchev–Trinajstić information content (AvgIpc) is 2.94. The maximum atomic E-state index is 11.5. The fraction of sp³-hybridized carbons (Fsp3) is 0.316. The Morgan fingerprint density at radius 2 is 1.86 bits per heavy atom. The zero-order valence-corrected chi connectivity index (χ0v) is 12.6. The summed E-state index contributed by atoms with van der Waals surface area (Å²) in [7, 11) is 1.67. The minimum Gasteiger partial charge on any atom is -0.493 e. The lowest BCUT2D eigenvalue weighted by Crippen LogP contribution is -2.12. The van der Waals surface area contributed by atoms with Crippen LogP contribution in [0.1, 0.15) is 37.2 Å². The third kappa shape index (κ3) is 2.00. The molecule has 1 saturated carbocycles. The minimum absolute atomic E-state index is 0.387. The lowest BCUT2D eigenvalue weighted by molar-refractivity contribution is -0.120. The molecule has 1 aromatic heterocycles. The summed E-state index contributed by atoms with van der Waals surface area (Å²) >= 11 is 0. The maximum Gasteiger partial charge on any atom is 0.177 e. The van der Waals surface area contributed by atoms with Crippen LogP contribution in [0, 0.1) is 0 Å². The van der Waals surface area contributed by atoms with Crippen LogP contribution in [0.4, 0.5) is 0 Å². The lowest BCUT2D eigenvalue weighted by atomic mass is 9.82. The fourth-order valence-electron chi connectivity index (χ4n) is 3.58. The third-order valence-electron chi connectivity index (χ3n) is 4.73. The van der Waals surface area contributed by atoms with Gasteiger partial charge in [-0.05, 0) is 36.5 Å². The van der Waals surface area contributed by atoms with E-state index < -0.39 is 0 Å². The second-order valence-corrected chi connectivity index (χ2v) is 5.97. The molecular weight excluding hydrogens is 276 g/mol. The SMILES string of the molecule is COc1ccc(C2CCC(=O)CC2)c2c1oc1ccccc12. The fourth-order valence-corrected chi connectivity index (χ4v) is 3.58. The van der Waals surface area contributed by atoms with Gasteiger partial charge in [0.25, 0.3) is 0 Å². The first-order valence-corrected chi connectivity index (χ1v) is 7.78. The number of rotatable bonds is 2. The smallest absolute Gasteiger partial charge is 0.177 e. The van der Waals surface area contributed by atoms with Crippen LogP contribution >= 0.6 is 0 Å². The number of ketones is 1. The van der Waals surface area contributed by atoms with E-state index in [0.29, 0.717) is 24.5 Å². The van der Waals surface area contributed by atoms with E-state index >= 15 is 0 Å². The Balaban J connectivity index is 1.96. The molecule has 0 saturated heterocycles. The van der Waals surface area contributed by atoms with Crippen molar-refractivity contribution in [2.24, 2.45) is 0 Å². The summed E-state index contributed by atoms with van der Waals surface area (Å²) in [4.78, 5) is 11.5. The zero-order chi connectivity index (χ0) is 15.1. The van der Waals surface area contributed by atoms with E-state index in [1.807, 2.05) is 24.3 Å². The maximum absolute atomic E-state index is 11.5. The Morgan fingerprint density at radius 1 is 1.09 bits per heavy atom. The molecule has 0 amide bonds. The van der Waals surface area contributed by atoms with E-state index in [-0.39, 0.29) is 0 Å². The topological polar surface area (TPSA) is 39.4 Å². The molecule has 3 aromatic rings. The average molecular weight is 294 g/mol. The van der Waals surface area contributed by atoms with Crippen molar-refractivity contribution >= 4 is 27.7 Å². The minimum atomic E-state index is 0.387. The van der Waals surface area contributed by atoms with E-state index in [4.69, 9.17) is 9.15 Å². The number of hydrogen-bond donors (Lipinski definition) is 0. The Hall–Kier alpha value is -2.29. The van der Waals surface area contributed by atoms with Gasteiger partial charge in [0.2, 0.25) is 0 Å². The van der Waals surface area contributed by atoms with E-state index in [1.54, 1.807) is 7.11 Å². The monoisotopic (exact) mass is 294 g/mol. The quantitative estimate of drug-likeness (QED) is 0.680. The van der Waals surface area contributed by atoms with Gasteiger partial charge in [0.15, 0.2) is 11.3 Å². The predicted molar refractivity (Wildman–Crippen MR) is 86.5 cm³/mol. The normalized spacial score (nSPS) is 16.5. The standard InChI is InChI=1S/C19H18O3/c1-21-17-11-10-14(12-6-8-13(20)9-7-12)18-15-4-2-3-5-16(15)22-19(17)18/h2-5,10-12H,6-9H2,1H3. The number of fused-ring (bicyclic) bond motifs is 3. The van der Waals surface area contributed by atoms with Crippen molar-refractivity contribution in [3.63, 3.8) is 0 Å². The third-order valence-corrected chi connectivity index (χ3v) is 4.73. The molecule has 112 valence electrons. The summed E-state index contributed by atoms with van der Waals surface area (Å²) in [6, 6.07) is 12.2. The van der Waals surface area contributed by atoms with Crippen molar-refractivity contribution in [2.75, 3.05) is 7.11 Å². The van der Waals surface area contributed by atoms with Gasteiger partial charge in [-0.2, -0.15) is 0 Å². The molecule has 4 rings (SSSR count). The Labute approximate surface area is 128 Å². The van der Waals surface area contributed by atoms with Crippen LogP contribution in [0.5, 0.6) is 5.75 Å². The molecule has 22 heavy (non-hydrogen) atoms. The summed E-state index contributed by atoms with van der Waals surface area (Å²) in [6.45, 7) is 0. The Kier molecular flexibility index (Phi) is 3.14. The van der Waals surface area contributed by atoms with Gasteiger partial charge < -0.3 is 9.15 Å². The summed E-state index contributed by atoms with van der Waals surface area (Å²) in [5.74, 6) is 1.58. The van der Waals surface area contributed by atoms with Crippen molar-refractivity contribution < 1.29 is 13.9 Å². The number of furan rings is 1. The van der Waals surface area contributed by atoms with Crippen LogP contribution in [-0.4, -0.2) is 12.9 Å². The van der Waals surface area contributed by atoms with Crippen molar-refractivity contribution in [1.82, 2.24) is 0 Å². The number of ether oxygens (including phenoxy) is 1. The van der Waals surface area contributed by atoms with Crippen LogP contribution in [0.15, 0.2) is 40.8 Å². The molecular formula is C19H18O3. The van der Waals surface area contributed by atoms with Gasteiger partial charge in [-0.25, -0.2) is 0 Å². The van der Waals surface area contributed by atoms with Gasteiger partial charge >= 0.3 is 0 Å². The van der Waals surface area contributed by atoms with Gasteiger partial charge in [0, 0.05) is 23.6 Å². The summed E-state index contributed by atoms with van der Waals surface area (Å²) < 4.78 is 11.5. The number of carbonyl (C=O) groups is 1. The molecule has 3 nitrogen and oxygen atoms in total. The van der Waals surface area contributed by atoms with Gasteiger partial charge in [0.1, 0.15) is 11.4 Å². The van der Waals surface area contributed by atoms with Crippen LogP contribution in [0.25, 0.3) is 21.9 Å². The summed E-state index contributed by atoms with van der Waals surface area (Å²) in [5.41, 5.74) is 2.99. The number of carbonyl (C=O) groups excluding carboxylic acids is 1. The van der Waals surface area contributed by atoms with Crippen molar-refractivity contribution in [3.8, 4) is 5.75 Å². The second kappa shape index (κ2) is 5.16. The molecule has 0 N–H and O–H groups in total. The highest BCUT2D eigenvalue weighted by atomic mass is 16.5. The van der Waals surface area contributed by atoms with Gasteiger partial charge in [0.05, 0.1) is 7.11 Å². The molecule has 0 aliphatic heterocycles. The molecule has 1 fully saturated rings. The van der Waals surface area contributed by atoms with Crippen molar-refractivity contribution in [3.05, 3.63) is 42.0 Å². The van der Waals surface area contributed by atoms with Crippen molar-refractivity contribution in [1.29, 1.82) is 0 Å². The van der Waals surface area contributed by atoms with E-state index in [9.17, 15) is 4.79 Å². The summed E-state index contributed by atoms with van der Waals surface area (Å²) in [5, 5.41) is 2.28. The van der Waals surface area contributed by atoms with Crippen LogP contribution in [0.3, 0.4) is 0 Å². The predicted octanol–water partition coefficient (Wildman–Crippen LogP) is 4.82. The number of benzene rings is 2. The molecule has 0 bridgehead atoms. The number of hydrogen-bond acceptors (Lipinski definition) is 3.